The summed E-state index contributed by atoms with van der Waals surface area (Å²) in [4.78, 5) is 0. The zero-order valence-corrected chi connectivity index (χ0v) is 10.0. The maximum atomic E-state index is 5.19. The lowest BCUT2D eigenvalue weighted by molar-refractivity contribution is 0.393. The zero-order valence-electron chi connectivity index (χ0n) is 10.0. The van der Waals surface area contributed by atoms with E-state index in [1.54, 1.807) is 0 Å². The Hall–Kier alpha value is -2.10. The van der Waals surface area contributed by atoms with Gasteiger partial charge in [-0.2, -0.15) is 5.10 Å². The van der Waals surface area contributed by atoms with Crippen LogP contribution in [0.15, 0.2) is 22.7 Å². The van der Waals surface area contributed by atoms with Crippen LogP contribution < -0.4 is 0 Å². The fraction of sp³-hybridized carbons (Fsp3) is 0.231. The molecule has 0 saturated heterocycles. The minimum absolute atomic E-state index is 0.803. The number of nitrogens with one attached hydrogen (secondary N) is 1. The lowest BCUT2D eigenvalue weighted by Crippen LogP contribution is -1.83. The summed E-state index contributed by atoms with van der Waals surface area (Å²) >= 11 is 0. The van der Waals surface area contributed by atoms with Gasteiger partial charge in [0.05, 0.1) is 16.8 Å². The van der Waals surface area contributed by atoms with Gasteiger partial charge in [-0.3, -0.25) is 5.10 Å². The molecule has 1 N–H and O–H groups in total. The molecule has 0 radical (unpaired) electrons. The smallest absolute Gasteiger partial charge is 0.143 e. The summed E-state index contributed by atoms with van der Waals surface area (Å²) in [5, 5.41) is 12.5. The van der Waals surface area contributed by atoms with Crippen LogP contribution in [0.5, 0.6) is 0 Å². The third-order valence-corrected chi connectivity index (χ3v) is 2.99. The molecule has 0 aliphatic heterocycles. The van der Waals surface area contributed by atoms with Crippen molar-refractivity contribution < 1.29 is 4.52 Å². The first kappa shape index (κ1) is 10.1. The number of hydrogen-bond acceptors (Lipinski definition) is 3. The molecule has 2 heterocycles. The first-order valence-electron chi connectivity index (χ1n) is 5.55. The normalized spacial score (nSPS) is 11.2. The molecule has 0 aliphatic carbocycles. The summed E-state index contributed by atoms with van der Waals surface area (Å²) in [6.07, 6.45) is 0. The van der Waals surface area contributed by atoms with Crippen molar-refractivity contribution in [3.05, 3.63) is 35.2 Å². The van der Waals surface area contributed by atoms with Crippen molar-refractivity contribution in [2.45, 2.75) is 20.8 Å². The van der Waals surface area contributed by atoms with Crippen LogP contribution in [0.2, 0.25) is 0 Å². The fourth-order valence-electron chi connectivity index (χ4n) is 2.14. The average molecular weight is 227 g/mol. The van der Waals surface area contributed by atoms with Crippen LogP contribution in [0, 0.1) is 20.8 Å². The maximum absolute atomic E-state index is 5.19. The number of nitrogens with zero attached hydrogens (tertiary/aromatic N) is 2. The molecular weight excluding hydrogens is 214 g/mol. The van der Waals surface area contributed by atoms with Gasteiger partial charge in [-0.05, 0) is 32.9 Å². The van der Waals surface area contributed by atoms with Gasteiger partial charge in [-0.25, -0.2) is 0 Å². The van der Waals surface area contributed by atoms with E-state index in [0.29, 0.717) is 0 Å². The van der Waals surface area contributed by atoms with Gasteiger partial charge in [0.2, 0.25) is 0 Å². The van der Waals surface area contributed by atoms with E-state index in [-0.39, 0.29) is 0 Å². The second-order valence-electron chi connectivity index (χ2n) is 4.32. The molecule has 3 aromatic rings. The molecule has 0 unspecified atom stereocenters. The molecule has 86 valence electrons. The molecule has 4 heteroatoms. The van der Waals surface area contributed by atoms with Crippen molar-refractivity contribution in [2.75, 3.05) is 0 Å². The molecule has 17 heavy (non-hydrogen) atoms. The van der Waals surface area contributed by atoms with E-state index in [1.807, 2.05) is 19.9 Å². The average Bonchev–Trinajstić information content (AvgIpc) is 2.83. The van der Waals surface area contributed by atoms with E-state index in [1.165, 1.54) is 5.56 Å². The molecule has 3 rings (SSSR count). The van der Waals surface area contributed by atoms with Crippen LogP contribution in [-0.4, -0.2) is 15.4 Å². The SMILES string of the molecule is Cc1ccc2[nH]nc(-c3c(C)noc3C)c2c1. The van der Waals surface area contributed by atoms with Gasteiger partial charge in [-0.1, -0.05) is 16.8 Å². The molecule has 0 saturated carbocycles. The Balaban J connectivity index is 2.35. The highest BCUT2D eigenvalue weighted by Crippen LogP contribution is 2.31. The number of fused-ring (bicyclic) bond motifs is 1. The van der Waals surface area contributed by atoms with Crippen molar-refractivity contribution in [1.82, 2.24) is 15.4 Å². The minimum Gasteiger partial charge on any atom is -0.361 e. The van der Waals surface area contributed by atoms with Gasteiger partial charge < -0.3 is 4.52 Å². The van der Waals surface area contributed by atoms with Gasteiger partial charge in [-0.15, -0.1) is 0 Å². The molecule has 2 aromatic heterocycles. The maximum Gasteiger partial charge on any atom is 0.143 e. The quantitative estimate of drug-likeness (QED) is 0.694. The predicted octanol–water partition coefficient (Wildman–Crippen LogP) is 3.14. The third kappa shape index (κ3) is 1.45. The highest BCUT2D eigenvalue weighted by Gasteiger charge is 2.16. The van der Waals surface area contributed by atoms with Gasteiger partial charge >= 0.3 is 0 Å². The van der Waals surface area contributed by atoms with Crippen LogP contribution in [0.4, 0.5) is 0 Å². The third-order valence-electron chi connectivity index (χ3n) is 2.99. The minimum atomic E-state index is 0.803. The van der Waals surface area contributed by atoms with E-state index >= 15 is 0 Å². The highest BCUT2D eigenvalue weighted by molar-refractivity contribution is 5.94. The summed E-state index contributed by atoms with van der Waals surface area (Å²) in [5.41, 5.74) is 5.02. The van der Waals surface area contributed by atoms with Crippen LogP contribution in [0.25, 0.3) is 22.2 Å². The summed E-state index contributed by atoms with van der Waals surface area (Å²) in [7, 11) is 0. The largest absolute Gasteiger partial charge is 0.361 e. The van der Waals surface area contributed by atoms with E-state index in [2.05, 4.69) is 34.4 Å². The van der Waals surface area contributed by atoms with Gasteiger partial charge in [0.1, 0.15) is 11.5 Å². The van der Waals surface area contributed by atoms with Crippen molar-refractivity contribution >= 4 is 10.9 Å². The molecule has 0 atom stereocenters. The van der Waals surface area contributed by atoms with Crippen molar-refractivity contribution in [2.24, 2.45) is 0 Å². The number of hydrogen-bond donors (Lipinski definition) is 1. The lowest BCUT2D eigenvalue weighted by atomic mass is 10.1. The van der Waals surface area contributed by atoms with Crippen LogP contribution in [0.3, 0.4) is 0 Å². The van der Waals surface area contributed by atoms with Crippen molar-refractivity contribution in [3.8, 4) is 11.3 Å². The lowest BCUT2D eigenvalue weighted by Gasteiger charge is -1.97. The van der Waals surface area contributed by atoms with Crippen LogP contribution in [0.1, 0.15) is 17.0 Å². The van der Waals surface area contributed by atoms with Crippen LogP contribution in [-0.2, 0) is 0 Å². The number of H-pyrrole nitrogens is 1. The second-order valence-corrected chi connectivity index (χ2v) is 4.32. The first-order valence-corrected chi connectivity index (χ1v) is 5.55. The first-order chi connectivity index (χ1) is 8.16. The molecule has 0 fully saturated rings. The number of aromatic nitrogens is 3. The Labute approximate surface area is 98.6 Å². The number of aryl methyl sites for hydroxylation is 3. The van der Waals surface area contributed by atoms with Crippen LogP contribution >= 0.6 is 0 Å². The Morgan fingerprint density at radius 1 is 1.18 bits per heavy atom. The number of rotatable bonds is 1. The number of aromatic amines is 1. The van der Waals surface area contributed by atoms with Gasteiger partial charge in [0, 0.05) is 5.39 Å². The zero-order chi connectivity index (χ0) is 12.0. The summed E-state index contributed by atoms with van der Waals surface area (Å²) in [5.74, 6) is 0.803. The van der Waals surface area contributed by atoms with Crippen molar-refractivity contribution in [3.63, 3.8) is 0 Å². The Morgan fingerprint density at radius 2 is 2.00 bits per heavy atom. The van der Waals surface area contributed by atoms with E-state index in [4.69, 9.17) is 4.52 Å². The monoisotopic (exact) mass is 227 g/mol. The predicted molar refractivity (Wildman–Crippen MR) is 65.8 cm³/mol. The van der Waals surface area contributed by atoms with Gasteiger partial charge in [0.25, 0.3) is 0 Å². The fourth-order valence-corrected chi connectivity index (χ4v) is 2.14. The van der Waals surface area contributed by atoms with E-state index < -0.39 is 0 Å². The molecule has 1 aromatic carbocycles. The standard InChI is InChI=1S/C13H13N3O/c1-7-4-5-11-10(6-7)13(15-14-11)12-8(2)16-17-9(12)3/h4-6H,1-3H3,(H,14,15). The summed E-state index contributed by atoms with van der Waals surface area (Å²) < 4.78 is 5.19. The second kappa shape index (κ2) is 3.45. The molecule has 0 aliphatic rings. The molecule has 0 amide bonds. The van der Waals surface area contributed by atoms with Crippen molar-refractivity contribution in [1.29, 1.82) is 0 Å². The Morgan fingerprint density at radius 3 is 2.71 bits per heavy atom. The highest BCUT2D eigenvalue weighted by atomic mass is 16.5. The Bertz CT molecular complexity index is 674. The van der Waals surface area contributed by atoms with E-state index in [0.717, 1.165) is 33.6 Å². The molecule has 4 nitrogen and oxygen atoms in total. The molecular formula is C13H13N3O. The number of benzene rings is 1. The van der Waals surface area contributed by atoms with Gasteiger partial charge in [0.15, 0.2) is 0 Å². The summed E-state index contributed by atoms with van der Waals surface area (Å²) in [6, 6.07) is 6.23. The Kier molecular flexibility index (Phi) is 2.04. The molecule has 0 bridgehead atoms. The molecule has 0 spiro atoms. The topological polar surface area (TPSA) is 54.7 Å². The summed E-state index contributed by atoms with van der Waals surface area (Å²) in [6.45, 7) is 5.91. The van der Waals surface area contributed by atoms with E-state index in [9.17, 15) is 0 Å².